The number of aliphatic hydroxyl groups excluding tert-OH is 1. The van der Waals surface area contributed by atoms with Crippen molar-refractivity contribution in [2.75, 3.05) is 11.9 Å². The first kappa shape index (κ1) is 22.8. The van der Waals surface area contributed by atoms with Gasteiger partial charge < -0.3 is 15.0 Å². The third kappa shape index (κ3) is 4.72. The topological polar surface area (TPSA) is 54.3 Å². The maximum atomic E-state index is 13.3. The molecule has 0 atom stereocenters. The van der Waals surface area contributed by atoms with Crippen molar-refractivity contribution in [1.29, 1.82) is 0 Å². The predicted octanol–water partition coefficient (Wildman–Crippen LogP) is 6.36. The monoisotopic (exact) mass is 476 g/mol. The first-order valence-corrected chi connectivity index (χ1v) is 10.2. The Kier molecular flexibility index (Phi) is 6.14. The zero-order chi connectivity index (χ0) is 23.8. The quantitative estimate of drug-likeness (QED) is 0.329. The van der Waals surface area contributed by atoms with E-state index >= 15 is 0 Å². The maximum Gasteiger partial charge on any atom is 0.417 e. The molecular formula is C24H17ClF4N2O2. The smallest absolute Gasteiger partial charge is 0.395 e. The summed E-state index contributed by atoms with van der Waals surface area (Å²) < 4.78 is 55.0. The van der Waals surface area contributed by atoms with E-state index in [1.54, 1.807) is 30.3 Å². The molecule has 4 rings (SSSR count). The second-order valence-electron chi connectivity index (χ2n) is 7.33. The molecule has 0 saturated heterocycles. The molecule has 0 aliphatic heterocycles. The van der Waals surface area contributed by atoms with Crippen LogP contribution >= 0.6 is 11.6 Å². The third-order valence-corrected chi connectivity index (χ3v) is 5.41. The molecule has 0 bridgehead atoms. The minimum Gasteiger partial charge on any atom is -0.395 e. The number of anilines is 1. The van der Waals surface area contributed by atoms with Gasteiger partial charge in [0.25, 0.3) is 5.91 Å². The van der Waals surface area contributed by atoms with Crippen molar-refractivity contribution in [3.63, 3.8) is 0 Å². The Balaban J connectivity index is 1.71. The summed E-state index contributed by atoms with van der Waals surface area (Å²) in [5, 5.41) is 13.2. The van der Waals surface area contributed by atoms with Crippen LogP contribution in [0.25, 0.3) is 22.2 Å². The number of carbonyl (C=O) groups is 1. The van der Waals surface area contributed by atoms with Gasteiger partial charge in [-0.1, -0.05) is 23.7 Å². The number of aliphatic hydroxyl groups is 1. The summed E-state index contributed by atoms with van der Waals surface area (Å²) in [4.78, 5) is 12.6. The van der Waals surface area contributed by atoms with E-state index in [1.807, 2.05) is 22.8 Å². The molecule has 0 radical (unpaired) electrons. The van der Waals surface area contributed by atoms with Crippen LogP contribution in [0.15, 0.2) is 66.7 Å². The molecule has 170 valence electrons. The lowest BCUT2D eigenvalue weighted by Crippen LogP contribution is -2.19. The van der Waals surface area contributed by atoms with E-state index in [0.717, 1.165) is 28.9 Å². The number of fused-ring (bicyclic) bond motifs is 1. The number of nitrogens with one attached hydrogen (secondary N) is 1. The Morgan fingerprint density at radius 3 is 2.39 bits per heavy atom. The van der Waals surface area contributed by atoms with Gasteiger partial charge in [-0.25, -0.2) is 4.39 Å². The van der Waals surface area contributed by atoms with Crippen molar-refractivity contribution >= 4 is 34.1 Å². The summed E-state index contributed by atoms with van der Waals surface area (Å²) in [6.45, 7) is 0.214. The number of amides is 1. The van der Waals surface area contributed by atoms with E-state index < -0.39 is 29.0 Å². The van der Waals surface area contributed by atoms with E-state index in [1.165, 1.54) is 0 Å². The second kappa shape index (κ2) is 8.88. The summed E-state index contributed by atoms with van der Waals surface area (Å²) in [5.74, 6) is -2.09. The van der Waals surface area contributed by atoms with Gasteiger partial charge in [0.05, 0.1) is 17.7 Å². The minimum absolute atomic E-state index is 0.104. The van der Waals surface area contributed by atoms with Gasteiger partial charge in [0, 0.05) is 33.9 Å². The number of carbonyl (C=O) groups excluding carboxylic acids is 1. The number of benzene rings is 3. The first-order chi connectivity index (χ1) is 15.7. The van der Waals surface area contributed by atoms with Crippen LogP contribution in [-0.4, -0.2) is 22.2 Å². The number of nitrogens with zero attached hydrogens (tertiary/aromatic N) is 1. The molecule has 4 nitrogen and oxygen atoms in total. The molecule has 9 heteroatoms. The third-order valence-electron chi connectivity index (χ3n) is 5.15. The molecule has 2 N–H and O–H groups in total. The van der Waals surface area contributed by atoms with Gasteiger partial charge in [-0.2, -0.15) is 13.2 Å². The second-order valence-corrected chi connectivity index (χ2v) is 7.76. The van der Waals surface area contributed by atoms with Crippen molar-refractivity contribution in [3.05, 3.63) is 88.7 Å². The highest BCUT2D eigenvalue weighted by Crippen LogP contribution is 2.34. The van der Waals surface area contributed by atoms with Crippen LogP contribution in [0.3, 0.4) is 0 Å². The Morgan fingerprint density at radius 1 is 1.00 bits per heavy atom. The van der Waals surface area contributed by atoms with Crippen molar-refractivity contribution in [1.82, 2.24) is 4.57 Å². The van der Waals surface area contributed by atoms with Crippen LogP contribution in [0.5, 0.6) is 0 Å². The Bertz CT molecular complexity index is 1330. The molecule has 0 aliphatic carbocycles. The fourth-order valence-electron chi connectivity index (χ4n) is 3.70. The van der Waals surface area contributed by atoms with Gasteiger partial charge in [-0.3, -0.25) is 4.79 Å². The highest BCUT2D eigenvalue weighted by molar-refractivity contribution is 6.30. The van der Waals surface area contributed by atoms with E-state index in [-0.39, 0.29) is 12.3 Å². The van der Waals surface area contributed by atoms with E-state index in [2.05, 4.69) is 5.32 Å². The molecule has 3 aromatic carbocycles. The zero-order valence-corrected chi connectivity index (χ0v) is 17.7. The SMILES string of the molecule is O=C(Nc1ccc2c(c1)cc(-c1ccc(Cl)cc1)n2CCO)c1ccc(F)cc1C(F)(F)F. The highest BCUT2D eigenvalue weighted by atomic mass is 35.5. The lowest BCUT2D eigenvalue weighted by molar-refractivity contribution is -0.138. The molecule has 1 heterocycles. The molecule has 1 amide bonds. The maximum absolute atomic E-state index is 13.3. The van der Waals surface area contributed by atoms with Crippen LogP contribution < -0.4 is 5.32 Å². The molecule has 0 aliphatic rings. The Hall–Kier alpha value is -3.36. The van der Waals surface area contributed by atoms with Crippen LogP contribution in [0.4, 0.5) is 23.2 Å². The van der Waals surface area contributed by atoms with Gasteiger partial charge in [0.2, 0.25) is 0 Å². The van der Waals surface area contributed by atoms with E-state index in [9.17, 15) is 27.5 Å². The number of alkyl halides is 3. The Labute approximate surface area is 191 Å². The molecule has 0 fully saturated rings. The predicted molar refractivity (Wildman–Crippen MR) is 119 cm³/mol. The van der Waals surface area contributed by atoms with Crippen LogP contribution in [-0.2, 0) is 12.7 Å². The molecule has 0 saturated carbocycles. The largest absolute Gasteiger partial charge is 0.417 e. The van der Waals surface area contributed by atoms with E-state index in [0.29, 0.717) is 23.0 Å². The van der Waals surface area contributed by atoms with Crippen LogP contribution in [0.1, 0.15) is 15.9 Å². The van der Waals surface area contributed by atoms with E-state index in [4.69, 9.17) is 11.6 Å². The summed E-state index contributed by atoms with van der Waals surface area (Å²) >= 11 is 5.97. The van der Waals surface area contributed by atoms with Crippen LogP contribution in [0.2, 0.25) is 5.02 Å². The van der Waals surface area contributed by atoms with Crippen molar-refractivity contribution in [2.24, 2.45) is 0 Å². The number of hydrogen-bond donors (Lipinski definition) is 2. The normalized spacial score (nSPS) is 11.7. The summed E-state index contributed by atoms with van der Waals surface area (Å²) in [6, 6.07) is 15.8. The molecular weight excluding hydrogens is 460 g/mol. The fraction of sp³-hybridized carbons (Fsp3) is 0.125. The van der Waals surface area contributed by atoms with Gasteiger partial charge in [-0.05, 0) is 60.2 Å². The molecule has 4 aromatic rings. The zero-order valence-electron chi connectivity index (χ0n) is 17.0. The molecule has 33 heavy (non-hydrogen) atoms. The number of aromatic nitrogens is 1. The molecule has 1 aromatic heterocycles. The summed E-state index contributed by atoms with van der Waals surface area (Å²) in [6.07, 6.45) is -4.88. The van der Waals surface area contributed by atoms with Crippen LogP contribution in [0, 0.1) is 5.82 Å². The van der Waals surface area contributed by atoms with Crippen molar-refractivity contribution in [2.45, 2.75) is 12.7 Å². The van der Waals surface area contributed by atoms with Crippen molar-refractivity contribution in [3.8, 4) is 11.3 Å². The molecule has 0 unspecified atom stereocenters. The van der Waals surface area contributed by atoms with Gasteiger partial charge in [0.15, 0.2) is 0 Å². The Morgan fingerprint density at radius 2 is 1.73 bits per heavy atom. The summed E-state index contributed by atoms with van der Waals surface area (Å²) in [7, 11) is 0. The summed E-state index contributed by atoms with van der Waals surface area (Å²) in [5.41, 5.74) is 0.676. The van der Waals surface area contributed by atoms with Gasteiger partial charge in [-0.15, -0.1) is 0 Å². The lowest BCUT2D eigenvalue weighted by atomic mass is 10.1. The molecule has 0 spiro atoms. The first-order valence-electron chi connectivity index (χ1n) is 9.85. The van der Waals surface area contributed by atoms with Crippen molar-refractivity contribution < 1.29 is 27.5 Å². The number of halogens is 5. The average Bonchev–Trinajstić information content (AvgIpc) is 3.11. The average molecular weight is 477 g/mol. The minimum atomic E-state index is -4.88. The number of rotatable bonds is 5. The fourth-order valence-corrected chi connectivity index (χ4v) is 3.82. The lowest BCUT2D eigenvalue weighted by Gasteiger charge is -2.13. The van der Waals surface area contributed by atoms with Gasteiger partial charge >= 0.3 is 6.18 Å². The number of hydrogen-bond acceptors (Lipinski definition) is 2. The highest BCUT2D eigenvalue weighted by Gasteiger charge is 2.35. The standard InChI is InChI=1S/C24H17ClF4N2O2/c25-16-3-1-14(2-4-16)22-12-15-11-18(6-8-21(15)31(22)9-10-32)30-23(33)19-7-5-17(26)13-20(19)24(27,28)29/h1-8,11-13,32H,9-10H2,(H,30,33). The van der Waals surface area contributed by atoms with Gasteiger partial charge in [0.1, 0.15) is 5.82 Å².